The zero-order chi connectivity index (χ0) is 14.0. The highest BCUT2D eigenvalue weighted by atomic mass is 79.9. The van der Waals surface area contributed by atoms with Crippen molar-refractivity contribution in [1.82, 2.24) is 4.57 Å². The fourth-order valence-electron chi connectivity index (χ4n) is 1.79. The van der Waals surface area contributed by atoms with Gasteiger partial charge in [0, 0.05) is 5.69 Å². The van der Waals surface area contributed by atoms with Gasteiger partial charge in [-0.1, -0.05) is 12.1 Å². The topological polar surface area (TPSA) is 45.8 Å². The van der Waals surface area contributed by atoms with Crippen molar-refractivity contribution in [1.29, 1.82) is 5.26 Å². The van der Waals surface area contributed by atoms with Crippen molar-refractivity contribution in [3.05, 3.63) is 67.8 Å². The van der Waals surface area contributed by atoms with Gasteiger partial charge in [-0.3, -0.25) is 4.79 Å². The lowest BCUT2D eigenvalue weighted by atomic mass is 10.2. The molecule has 19 heavy (non-hydrogen) atoms. The molecule has 0 aliphatic carbocycles. The average Bonchev–Trinajstić information content (AvgIpc) is 2.39. The maximum absolute atomic E-state index is 13.4. The second-order valence-corrected chi connectivity index (χ2v) is 4.90. The predicted octanol–water partition coefficient (Wildman–Crippen LogP) is 2.98. The minimum atomic E-state index is -0.375. The molecule has 0 radical (unpaired) electrons. The lowest BCUT2D eigenvalue weighted by Gasteiger charge is -2.11. The van der Waals surface area contributed by atoms with Gasteiger partial charge in [-0.05, 0) is 46.6 Å². The third-order valence-corrected chi connectivity index (χ3v) is 3.76. The summed E-state index contributed by atoms with van der Waals surface area (Å²) in [7, 11) is 0. The standard InChI is InChI=1S/C14H10BrFN2O/c1-9-5-6-10(7-17)14(19)18(9)8-11-3-2-4-12(16)13(11)15/h2-6H,8H2,1H3. The number of aromatic nitrogens is 1. The Balaban J connectivity index is 2.53. The number of nitrogens with zero attached hydrogens (tertiary/aromatic N) is 2. The van der Waals surface area contributed by atoms with E-state index in [1.807, 2.05) is 6.07 Å². The van der Waals surface area contributed by atoms with E-state index in [1.54, 1.807) is 25.1 Å². The zero-order valence-corrected chi connectivity index (χ0v) is 11.7. The summed E-state index contributed by atoms with van der Waals surface area (Å²) in [5.41, 5.74) is 1.09. The highest BCUT2D eigenvalue weighted by Crippen LogP contribution is 2.21. The molecular weight excluding hydrogens is 311 g/mol. The van der Waals surface area contributed by atoms with Gasteiger partial charge in [0.2, 0.25) is 0 Å². The molecule has 0 saturated heterocycles. The van der Waals surface area contributed by atoms with E-state index in [1.165, 1.54) is 16.7 Å². The Kier molecular flexibility index (Phi) is 3.82. The van der Waals surface area contributed by atoms with Crippen LogP contribution in [-0.2, 0) is 6.54 Å². The smallest absolute Gasteiger partial charge is 0.268 e. The van der Waals surface area contributed by atoms with Gasteiger partial charge >= 0.3 is 0 Å². The molecule has 5 heteroatoms. The lowest BCUT2D eigenvalue weighted by molar-refractivity contribution is 0.614. The third kappa shape index (κ3) is 2.59. The van der Waals surface area contributed by atoms with Crippen LogP contribution >= 0.6 is 15.9 Å². The zero-order valence-electron chi connectivity index (χ0n) is 10.2. The average molecular weight is 321 g/mol. The second-order valence-electron chi connectivity index (χ2n) is 4.10. The van der Waals surface area contributed by atoms with Gasteiger partial charge in [0.25, 0.3) is 5.56 Å². The van der Waals surface area contributed by atoms with Crippen LogP contribution in [0.4, 0.5) is 4.39 Å². The SMILES string of the molecule is Cc1ccc(C#N)c(=O)n1Cc1cccc(F)c1Br. The van der Waals surface area contributed by atoms with Crippen LogP contribution in [0.2, 0.25) is 0 Å². The maximum Gasteiger partial charge on any atom is 0.268 e. The summed E-state index contributed by atoms with van der Waals surface area (Å²) in [6.45, 7) is 1.99. The van der Waals surface area contributed by atoms with Crippen molar-refractivity contribution in [2.75, 3.05) is 0 Å². The maximum atomic E-state index is 13.4. The molecular formula is C14H10BrFN2O. The summed E-state index contributed by atoms with van der Waals surface area (Å²) in [5, 5.41) is 8.87. The number of hydrogen-bond donors (Lipinski definition) is 0. The number of halogens is 2. The molecule has 0 atom stereocenters. The van der Waals surface area contributed by atoms with E-state index in [4.69, 9.17) is 5.26 Å². The molecule has 0 amide bonds. The number of aryl methyl sites for hydroxylation is 1. The summed E-state index contributed by atoms with van der Waals surface area (Å²) in [4.78, 5) is 12.1. The van der Waals surface area contributed by atoms with E-state index in [9.17, 15) is 9.18 Å². The van der Waals surface area contributed by atoms with Gasteiger partial charge in [0.05, 0.1) is 11.0 Å². The first kappa shape index (κ1) is 13.5. The minimum Gasteiger partial charge on any atom is -0.307 e. The van der Waals surface area contributed by atoms with Gasteiger partial charge in [0.15, 0.2) is 0 Å². The van der Waals surface area contributed by atoms with E-state index in [2.05, 4.69) is 15.9 Å². The highest BCUT2D eigenvalue weighted by Gasteiger charge is 2.10. The molecule has 0 aliphatic rings. The monoisotopic (exact) mass is 320 g/mol. The largest absolute Gasteiger partial charge is 0.307 e. The minimum absolute atomic E-state index is 0.0816. The Morgan fingerprint density at radius 1 is 1.37 bits per heavy atom. The molecule has 0 saturated carbocycles. The third-order valence-electron chi connectivity index (χ3n) is 2.87. The molecule has 0 fully saturated rings. The van der Waals surface area contributed by atoms with E-state index in [0.29, 0.717) is 10.0 Å². The van der Waals surface area contributed by atoms with E-state index in [0.717, 1.165) is 5.69 Å². The van der Waals surface area contributed by atoms with Gasteiger partial charge < -0.3 is 4.57 Å². The Morgan fingerprint density at radius 2 is 2.11 bits per heavy atom. The normalized spacial score (nSPS) is 10.2. The molecule has 2 aromatic rings. The van der Waals surface area contributed by atoms with Crippen LogP contribution in [0.3, 0.4) is 0 Å². The van der Waals surface area contributed by atoms with Crippen LogP contribution in [-0.4, -0.2) is 4.57 Å². The van der Waals surface area contributed by atoms with Gasteiger partial charge in [0.1, 0.15) is 17.4 Å². The van der Waals surface area contributed by atoms with E-state index in [-0.39, 0.29) is 23.5 Å². The first-order valence-electron chi connectivity index (χ1n) is 5.58. The molecule has 3 nitrogen and oxygen atoms in total. The van der Waals surface area contributed by atoms with Crippen LogP contribution in [0, 0.1) is 24.1 Å². The molecule has 0 aliphatic heterocycles. The fourth-order valence-corrected chi connectivity index (χ4v) is 2.18. The highest BCUT2D eigenvalue weighted by molar-refractivity contribution is 9.10. The Hall–Kier alpha value is -1.93. The van der Waals surface area contributed by atoms with Crippen LogP contribution < -0.4 is 5.56 Å². The predicted molar refractivity (Wildman–Crippen MR) is 73.4 cm³/mol. The van der Waals surface area contributed by atoms with E-state index >= 15 is 0 Å². The van der Waals surface area contributed by atoms with Crippen molar-refractivity contribution in [2.24, 2.45) is 0 Å². The van der Waals surface area contributed by atoms with E-state index < -0.39 is 0 Å². The lowest BCUT2D eigenvalue weighted by Crippen LogP contribution is -2.25. The van der Waals surface area contributed by atoms with Crippen molar-refractivity contribution in [2.45, 2.75) is 13.5 Å². The van der Waals surface area contributed by atoms with Crippen LogP contribution in [0.25, 0.3) is 0 Å². The first-order chi connectivity index (χ1) is 9.04. The number of hydrogen-bond acceptors (Lipinski definition) is 2. The van der Waals surface area contributed by atoms with Crippen LogP contribution in [0.1, 0.15) is 16.8 Å². The molecule has 1 aromatic carbocycles. The van der Waals surface area contributed by atoms with Gasteiger partial charge in [-0.25, -0.2) is 4.39 Å². The summed E-state index contributed by atoms with van der Waals surface area (Å²) in [6, 6.07) is 9.72. The van der Waals surface area contributed by atoms with Crippen molar-refractivity contribution in [3.63, 3.8) is 0 Å². The summed E-state index contributed by atoms with van der Waals surface area (Å²) in [6.07, 6.45) is 0. The fraction of sp³-hybridized carbons (Fsp3) is 0.143. The molecule has 2 rings (SSSR count). The van der Waals surface area contributed by atoms with Gasteiger partial charge in [-0.2, -0.15) is 5.26 Å². The molecule has 96 valence electrons. The molecule has 0 bridgehead atoms. The molecule has 0 N–H and O–H groups in total. The van der Waals surface area contributed by atoms with Crippen LogP contribution in [0.5, 0.6) is 0 Å². The Morgan fingerprint density at radius 3 is 2.79 bits per heavy atom. The van der Waals surface area contributed by atoms with Crippen LogP contribution in [0.15, 0.2) is 39.6 Å². The molecule has 0 unspecified atom stereocenters. The van der Waals surface area contributed by atoms with Crippen molar-refractivity contribution in [3.8, 4) is 6.07 Å². The number of nitriles is 1. The number of pyridine rings is 1. The molecule has 0 spiro atoms. The number of benzene rings is 1. The molecule has 1 heterocycles. The second kappa shape index (κ2) is 5.37. The quantitative estimate of drug-likeness (QED) is 0.854. The Labute approximate surface area is 118 Å². The summed E-state index contributed by atoms with van der Waals surface area (Å²) in [5.74, 6) is -0.375. The summed E-state index contributed by atoms with van der Waals surface area (Å²) >= 11 is 3.17. The molecule has 1 aromatic heterocycles. The summed E-state index contributed by atoms with van der Waals surface area (Å²) < 4.78 is 15.2. The Bertz CT molecular complexity index is 731. The van der Waals surface area contributed by atoms with Crippen molar-refractivity contribution < 1.29 is 4.39 Å². The number of rotatable bonds is 2. The van der Waals surface area contributed by atoms with Gasteiger partial charge in [-0.15, -0.1) is 0 Å². The van der Waals surface area contributed by atoms with Crippen molar-refractivity contribution >= 4 is 15.9 Å². The first-order valence-corrected chi connectivity index (χ1v) is 6.37.